The molecule has 20 heteroatoms. The van der Waals surface area contributed by atoms with Gasteiger partial charge in [0, 0.05) is 71.5 Å². The fourth-order valence-electron chi connectivity index (χ4n) is 22.5. The van der Waals surface area contributed by atoms with E-state index in [1.54, 1.807) is 12.5 Å². The number of H-pyrrole nitrogens is 2. The zero-order chi connectivity index (χ0) is 55.8. The van der Waals surface area contributed by atoms with Crippen LogP contribution >= 0.6 is 0 Å². The fourth-order valence-corrected chi connectivity index (χ4v) is 22.5. The first-order valence-corrected chi connectivity index (χ1v) is 29.6. The van der Waals surface area contributed by atoms with Crippen molar-refractivity contribution in [2.45, 2.75) is 179 Å². The predicted octanol–water partition coefficient (Wildman–Crippen LogP) is 2.59. The molecule has 2 aromatic rings. The van der Waals surface area contributed by atoms with Crippen LogP contribution in [0.5, 0.6) is 0 Å². The van der Waals surface area contributed by atoms with Crippen LogP contribution < -0.4 is 16.4 Å². The van der Waals surface area contributed by atoms with Crippen LogP contribution in [0.15, 0.2) is 42.1 Å². The number of hydrogen-bond donors (Lipinski definition) is 14. The number of allylic oxidation sites excluding steroid dienone is 4. The minimum Gasteiger partial charge on any atom is -0.481 e. The summed E-state index contributed by atoms with van der Waals surface area (Å²) >= 11 is 0. The number of imidazole rings is 2. The minimum absolute atomic E-state index is 0.0629. The van der Waals surface area contributed by atoms with Crippen molar-refractivity contribution in [3.05, 3.63) is 53.5 Å². The number of carboxylic acid groups (broad SMARTS) is 1. The molecule has 3 aliphatic heterocycles. The quantitative estimate of drug-likeness (QED) is 0.0874. The van der Waals surface area contributed by atoms with Gasteiger partial charge in [0.1, 0.15) is 30.4 Å². The smallest absolute Gasteiger partial charge is 0.310 e. The Kier molecular flexibility index (Phi) is 12.6. The molecule has 2 aromatic heterocycles. The number of aliphatic hydroxyl groups excluding tert-OH is 8. The van der Waals surface area contributed by atoms with Gasteiger partial charge in [-0.1, -0.05) is 63.8 Å². The number of nitrogens with two attached hydrogens (primary N) is 1. The number of nitrogens with one attached hydrogen (secondary N) is 4. The maximum Gasteiger partial charge on any atom is 0.310 e. The number of hydrogen-bond acceptors (Lipinski definition) is 16. The molecule has 0 aromatic carbocycles. The molecule has 2 saturated heterocycles. The molecule has 434 valence electrons. The number of aliphatic hydroxyl groups is 8. The number of anilines is 1. The predicted molar refractivity (Wildman–Crippen MR) is 283 cm³/mol. The first-order valence-electron chi connectivity index (χ1n) is 29.6. The third kappa shape index (κ3) is 6.76. The summed E-state index contributed by atoms with van der Waals surface area (Å²) in [5.41, 5.74) is 3.27. The number of aromatic amines is 2. The van der Waals surface area contributed by atoms with E-state index in [1.165, 1.54) is 17.5 Å². The number of carbonyl (C=O) groups excluding carboxylic acids is 1. The zero-order valence-corrected chi connectivity index (χ0v) is 46.1. The Morgan fingerprint density at radius 3 is 2.41 bits per heavy atom. The van der Waals surface area contributed by atoms with Crippen LogP contribution in [0.4, 0.5) is 5.82 Å². The van der Waals surface area contributed by atoms with Gasteiger partial charge < -0.3 is 81.8 Å². The van der Waals surface area contributed by atoms with Crippen molar-refractivity contribution < 1.29 is 65.0 Å². The van der Waals surface area contributed by atoms with E-state index in [0.717, 1.165) is 24.4 Å². The van der Waals surface area contributed by atoms with E-state index in [4.69, 9.17) is 20.2 Å². The molecule has 1 amide bonds. The summed E-state index contributed by atoms with van der Waals surface area (Å²) in [7, 11) is 0. The number of rotatable bonds is 11. The molecule has 20 nitrogen and oxygen atoms in total. The van der Waals surface area contributed by atoms with Crippen LogP contribution in [0.1, 0.15) is 128 Å². The highest BCUT2D eigenvalue weighted by Crippen LogP contribution is 2.89. The fraction of sp³-hybridized carbons (Fsp3) is 0.797. The van der Waals surface area contributed by atoms with Crippen molar-refractivity contribution in [3.8, 4) is 0 Å². The van der Waals surface area contributed by atoms with E-state index < -0.39 is 141 Å². The van der Waals surface area contributed by atoms with Gasteiger partial charge in [0.2, 0.25) is 5.91 Å². The van der Waals surface area contributed by atoms with Crippen molar-refractivity contribution in [2.24, 2.45) is 90.5 Å². The molecule has 0 radical (unpaired) electrons. The Balaban J connectivity index is 1.07. The summed E-state index contributed by atoms with van der Waals surface area (Å²) in [5.74, 6) is -4.19. The Morgan fingerprint density at radius 1 is 0.937 bits per heavy atom. The monoisotopic (exact) mass is 1100 g/mol. The highest BCUT2D eigenvalue weighted by Gasteiger charge is 2.85. The summed E-state index contributed by atoms with van der Waals surface area (Å²) in [6, 6.07) is -0.754. The van der Waals surface area contributed by atoms with Gasteiger partial charge in [0.05, 0.1) is 60.7 Å². The van der Waals surface area contributed by atoms with E-state index >= 15 is 4.79 Å². The number of aromatic nitrogens is 4. The summed E-state index contributed by atoms with van der Waals surface area (Å²) in [6.45, 7) is 8.43. The minimum atomic E-state index is -1.69. The second-order valence-electron chi connectivity index (χ2n) is 28.1. The van der Waals surface area contributed by atoms with Gasteiger partial charge in [0.15, 0.2) is 6.29 Å². The van der Waals surface area contributed by atoms with Crippen LogP contribution in [0.25, 0.3) is 0 Å². The second kappa shape index (κ2) is 18.3. The number of fused-ring (bicyclic) bond motifs is 5. The third-order valence-corrected chi connectivity index (χ3v) is 25.6. The molecule has 8 fully saturated rings. The van der Waals surface area contributed by atoms with Crippen molar-refractivity contribution >= 4 is 17.7 Å². The van der Waals surface area contributed by atoms with Gasteiger partial charge >= 0.3 is 5.97 Å². The first-order chi connectivity index (χ1) is 37.6. The number of carboxylic acids is 1. The summed E-state index contributed by atoms with van der Waals surface area (Å²) in [6.07, 6.45) is 5.99. The first kappa shape index (κ1) is 54.4. The van der Waals surface area contributed by atoms with E-state index in [-0.39, 0.29) is 43.3 Å². The lowest BCUT2D eigenvalue weighted by molar-refractivity contribution is -0.361. The Morgan fingerprint density at radius 2 is 1.71 bits per heavy atom. The second-order valence-corrected chi connectivity index (χ2v) is 28.1. The summed E-state index contributed by atoms with van der Waals surface area (Å²) in [5, 5.41) is 113. The molecule has 2 bridgehead atoms. The molecule has 0 unspecified atom stereocenters. The third-order valence-electron chi connectivity index (χ3n) is 25.6. The van der Waals surface area contributed by atoms with Gasteiger partial charge in [0.25, 0.3) is 0 Å². The zero-order valence-electron chi connectivity index (χ0n) is 46.1. The molecule has 11 aliphatic rings. The van der Waals surface area contributed by atoms with Crippen molar-refractivity contribution in [2.75, 3.05) is 31.7 Å². The Bertz CT molecular complexity index is 2790. The molecule has 24 atom stereocenters. The van der Waals surface area contributed by atoms with Crippen molar-refractivity contribution in [1.29, 1.82) is 0 Å². The van der Waals surface area contributed by atoms with Gasteiger partial charge in [-0.15, -0.1) is 0 Å². The van der Waals surface area contributed by atoms with E-state index in [1.807, 2.05) is 6.92 Å². The lowest BCUT2D eigenvalue weighted by Crippen LogP contribution is -2.81. The Hall–Kier alpha value is -3.80. The van der Waals surface area contributed by atoms with E-state index in [9.17, 15) is 50.8 Å². The van der Waals surface area contributed by atoms with Gasteiger partial charge in [-0.3, -0.25) is 9.59 Å². The molecule has 13 rings (SSSR count). The lowest BCUT2D eigenvalue weighted by atomic mass is 9.20. The van der Waals surface area contributed by atoms with Crippen molar-refractivity contribution in [3.63, 3.8) is 0 Å². The van der Waals surface area contributed by atoms with Crippen LogP contribution in [0.2, 0.25) is 0 Å². The normalized spacial score (nSPS) is 49.3. The molecule has 3 spiro atoms. The van der Waals surface area contributed by atoms with E-state index in [0.29, 0.717) is 82.9 Å². The van der Waals surface area contributed by atoms with Gasteiger partial charge in [-0.2, -0.15) is 0 Å². The SMILES string of the molecule is C[C@]1(CO)CC[C@]2(C(=O)O)[C@@H]3CNc4nc[nH]c4C[C@H]3[C@@]34CCC5=C[C@H]([C@H]6[C@H]([C@@H](c7cnc[nH]7)[C@H](O)C[C@@H](N)O)NC(=O)C67CCCC7)[C@H]6[C@@H](O)[C@@H](O[C@@H]7OC[C@@H](O)[C@H](O)[C@H]7O)[C@@](C)(CO)[C@H]7CC[C@]3(C)[C@]5(CC=C4[C@@H]2C1)[C@@]67C. The standard InChI is InChI=1S/C59H85N7O13/c1-52(24-67)15-16-57(51(76)77)32(20-52)30-8-14-59-28-7-13-58(30,31-18-34-48(65-27-64-34)62-21-33(31)57)54(59,3)12-9-38-53(2,25-68)47(79-49-46(74)44(72)37(70)23-78-49)45(73)42(55(38,59)4)29(17-28)41-43(66-50(75)56(41)10-5-6-11-56)40(35-22-61-26-63-35)36(69)19-39(60)71/h8,17,22,26-27,29,31-33,36-47,49,62,67-74H,5-7,9-16,18-21,23-25,60H2,1-4H3,(H,61,63)(H,64,65)(H,66,75)(H,76,77)/t29-,31-,32+,33-,36-,37-,38-,39+,40+,41+,42+,43+,44+,45-,46-,47-,49+,52+,53+,54+,55-,57-,58+,59-/m1/s1. The highest BCUT2D eigenvalue weighted by atomic mass is 16.7. The molecule has 15 N–H and O–H groups in total. The van der Waals surface area contributed by atoms with Crippen molar-refractivity contribution in [1.82, 2.24) is 25.3 Å². The number of nitrogens with zero attached hydrogens (tertiary/aromatic N) is 2. The largest absolute Gasteiger partial charge is 0.481 e. The highest BCUT2D eigenvalue weighted by molar-refractivity contribution is 5.87. The lowest BCUT2D eigenvalue weighted by Gasteiger charge is -2.83. The van der Waals surface area contributed by atoms with Gasteiger partial charge in [-0.05, 0) is 116 Å². The molecular formula is C59H85N7O13. The maximum atomic E-state index is 15.3. The number of ether oxygens (including phenoxy) is 2. The number of amides is 1. The van der Waals surface area contributed by atoms with Crippen LogP contribution in [-0.4, -0.2) is 159 Å². The van der Waals surface area contributed by atoms with Gasteiger partial charge in [-0.25, -0.2) is 9.97 Å². The van der Waals surface area contributed by atoms with Crippen LogP contribution in [0, 0.1) is 84.7 Å². The summed E-state index contributed by atoms with van der Waals surface area (Å²) < 4.78 is 12.9. The van der Waals surface area contributed by atoms with Crippen LogP contribution in [0.3, 0.4) is 0 Å². The average molecular weight is 1100 g/mol. The molecule has 79 heavy (non-hydrogen) atoms. The average Bonchev–Trinajstić information content (AvgIpc) is 1.06. The maximum absolute atomic E-state index is 15.3. The molecule has 5 heterocycles. The van der Waals surface area contributed by atoms with Crippen LogP contribution in [-0.2, 0) is 25.5 Å². The molecular weight excluding hydrogens is 1010 g/mol. The molecule has 6 saturated carbocycles. The Labute approximate surface area is 460 Å². The molecule has 8 aliphatic carbocycles. The number of aliphatic carboxylic acids is 1. The van der Waals surface area contributed by atoms with E-state index in [2.05, 4.69) is 58.5 Å². The summed E-state index contributed by atoms with van der Waals surface area (Å²) in [4.78, 5) is 45.8. The topological polar surface area (TPSA) is 342 Å². The number of carbonyl (C=O) groups is 2.